The molecule has 0 heterocycles. The maximum absolute atomic E-state index is 13.7. The smallest absolute Gasteiger partial charge is 0.156 e. The van der Waals surface area contributed by atoms with Gasteiger partial charge in [-0.25, -0.2) is 4.39 Å². The largest absolute Gasteiger partial charge is 0.486 e. The molecule has 0 radical (unpaired) electrons. The minimum atomic E-state index is -0.331. The van der Waals surface area contributed by atoms with Crippen LogP contribution in [-0.4, -0.2) is 0 Å². The van der Waals surface area contributed by atoms with Gasteiger partial charge in [0.15, 0.2) is 5.75 Å². The Labute approximate surface area is 166 Å². The van der Waals surface area contributed by atoms with Crippen LogP contribution in [0.15, 0.2) is 60.7 Å². The fourth-order valence-electron chi connectivity index (χ4n) is 2.42. The predicted octanol–water partition coefficient (Wildman–Crippen LogP) is 6.98. The van der Waals surface area contributed by atoms with Crippen molar-refractivity contribution in [1.29, 1.82) is 0 Å². The zero-order chi connectivity index (χ0) is 18.5. The summed E-state index contributed by atoms with van der Waals surface area (Å²) in [6.07, 6.45) is 0. The van der Waals surface area contributed by atoms with Crippen molar-refractivity contribution in [3.8, 4) is 5.75 Å². The second kappa shape index (κ2) is 8.63. The number of halogens is 4. The first kappa shape index (κ1) is 18.8. The van der Waals surface area contributed by atoms with Gasteiger partial charge in [-0.05, 0) is 42.0 Å². The number of ether oxygens (including phenoxy) is 1. The van der Waals surface area contributed by atoms with Crippen molar-refractivity contribution >= 4 is 40.5 Å². The molecule has 0 aliphatic heterocycles. The lowest BCUT2D eigenvalue weighted by Crippen LogP contribution is -2.02. The highest BCUT2D eigenvalue weighted by atomic mass is 35.5. The van der Waals surface area contributed by atoms with Crippen molar-refractivity contribution in [2.45, 2.75) is 13.2 Å². The van der Waals surface area contributed by atoms with E-state index in [4.69, 9.17) is 39.5 Å². The highest BCUT2D eigenvalue weighted by Gasteiger charge is 2.11. The van der Waals surface area contributed by atoms with Crippen LogP contribution in [0.5, 0.6) is 5.75 Å². The molecule has 0 aromatic heterocycles. The average molecular weight is 411 g/mol. The van der Waals surface area contributed by atoms with Gasteiger partial charge in [0.1, 0.15) is 12.4 Å². The van der Waals surface area contributed by atoms with Crippen molar-refractivity contribution < 1.29 is 9.13 Å². The van der Waals surface area contributed by atoms with Gasteiger partial charge < -0.3 is 10.1 Å². The van der Waals surface area contributed by atoms with Gasteiger partial charge in [0.05, 0.1) is 10.0 Å². The molecule has 0 aliphatic rings. The van der Waals surface area contributed by atoms with Gasteiger partial charge >= 0.3 is 0 Å². The molecule has 6 heteroatoms. The number of benzene rings is 3. The predicted molar refractivity (Wildman–Crippen MR) is 106 cm³/mol. The quantitative estimate of drug-likeness (QED) is 0.473. The Bertz CT molecular complexity index is 894. The van der Waals surface area contributed by atoms with Crippen LogP contribution in [0, 0.1) is 5.82 Å². The Morgan fingerprint density at radius 3 is 2.31 bits per heavy atom. The van der Waals surface area contributed by atoms with E-state index in [1.54, 1.807) is 30.3 Å². The van der Waals surface area contributed by atoms with E-state index in [0.717, 1.165) is 11.3 Å². The van der Waals surface area contributed by atoms with Gasteiger partial charge in [0.2, 0.25) is 0 Å². The zero-order valence-corrected chi connectivity index (χ0v) is 15.9. The van der Waals surface area contributed by atoms with Gasteiger partial charge in [-0.2, -0.15) is 0 Å². The molecule has 0 saturated carbocycles. The standard InChI is InChI=1S/C20H15Cl3FNO/c21-15-5-3-6-16(10-15)25-11-13-8-17(22)20(18(23)9-13)26-12-14-4-1-2-7-19(14)24/h1-10,25H,11-12H2. The van der Waals surface area contributed by atoms with Crippen molar-refractivity contribution in [2.24, 2.45) is 0 Å². The summed E-state index contributed by atoms with van der Waals surface area (Å²) in [6.45, 7) is 0.569. The third-order valence-corrected chi connectivity index (χ3v) is 4.51. The molecule has 0 atom stereocenters. The zero-order valence-electron chi connectivity index (χ0n) is 13.6. The van der Waals surface area contributed by atoms with Gasteiger partial charge in [-0.15, -0.1) is 0 Å². The maximum atomic E-state index is 13.7. The first-order valence-corrected chi connectivity index (χ1v) is 9.00. The molecule has 1 N–H and O–H groups in total. The van der Waals surface area contributed by atoms with Crippen LogP contribution < -0.4 is 10.1 Å². The number of anilines is 1. The first-order chi connectivity index (χ1) is 12.5. The third-order valence-electron chi connectivity index (χ3n) is 3.71. The second-order valence-electron chi connectivity index (χ2n) is 5.63. The van der Waals surface area contributed by atoms with E-state index in [1.165, 1.54) is 6.07 Å². The third kappa shape index (κ3) is 4.82. The molecule has 0 unspecified atom stereocenters. The highest BCUT2D eigenvalue weighted by Crippen LogP contribution is 2.35. The molecule has 3 aromatic carbocycles. The van der Waals surface area contributed by atoms with E-state index in [2.05, 4.69) is 5.32 Å². The summed E-state index contributed by atoms with van der Waals surface area (Å²) in [5.74, 6) is 0.00480. The molecule has 0 aliphatic carbocycles. The van der Waals surface area contributed by atoms with Gasteiger partial charge in [0, 0.05) is 22.8 Å². The van der Waals surface area contributed by atoms with Crippen LogP contribution in [0.25, 0.3) is 0 Å². The Balaban J connectivity index is 1.69. The molecule has 0 fully saturated rings. The number of hydrogen-bond donors (Lipinski definition) is 1. The van der Waals surface area contributed by atoms with Crippen LogP contribution in [0.4, 0.5) is 10.1 Å². The van der Waals surface area contributed by atoms with Crippen LogP contribution >= 0.6 is 34.8 Å². The Morgan fingerprint density at radius 2 is 1.62 bits per heavy atom. The minimum Gasteiger partial charge on any atom is -0.486 e. The second-order valence-corrected chi connectivity index (χ2v) is 6.88. The summed E-state index contributed by atoms with van der Waals surface area (Å²) in [4.78, 5) is 0. The Hall–Kier alpha value is -1.94. The summed E-state index contributed by atoms with van der Waals surface area (Å²) in [5.41, 5.74) is 2.22. The fourth-order valence-corrected chi connectivity index (χ4v) is 3.25. The summed E-state index contributed by atoms with van der Waals surface area (Å²) < 4.78 is 19.3. The van der Waals surface area contributed by atoms with Crippen LogP contribution in [0.3, 0.4) is 0 Å². The normalized spacial score (nSPS) is 10.6. The number of nitrogens with one attached hydrogen (secondary N) is 1. The summed E-state index contributed by atoms with van der Waals surface area (Å²) in [7, 11) is 0. The average Bonchev–Trinajstić information content (AvgIpc) is 2.61. The molecule has 0 amide bonds. The molecule has 0 saturated heterocycles. The summed E-state index contributed by atoms with van der Waals surface area (Å²) in [6, 6.07) is 17.4. The summed E-state index contributed by atoms with van der Waals surface area (Å²) >= 11 is 18.6. The number of hydrogen-bond acceptors (Lipinski definition) is 2. The highest BCUT2D eigenvalue weighted by molar-refractivity contribution is 6.37. The molecule has 26 heavy (non-hydrogen) atoms. The van der Waals surface area contributed by atoms with Gasteiger partial charge in [-0.1, -0.05) is 59.1 Å². The van der Waals surface area contributed by atoms with Crippen LogP contribution in [0.1, 0.15) is 11.1 Å². The van der Waals surface area contributed by atoms with Crippen molar-refractivity contribution in [2.75, 3.05) is 5.32 Å². The number of rotatable bonds is 6. The molecule has 0 spiro atoms. The molecular weight excluding hydrogens is 396 g/mol. The van der Waals surface area contributed by atoms with Crippen molar-refractivity contribution in [1.82, 2.24) is 0 Å². The lowest BCUT2D eigenvalue weighted by Gasteiger charge is -2.13. The van der Waals surface area contributed by atoms with E-state index in [0.29, 0.717) is 32.9 Å². The lowest BCUT2D eigenvalue weighted by molar-refractivity contribution is 0.300. The Morgan fingerprint density at radius 1 is 0.885 bits per heavy atom. The monoisotopic (exact) mass is 409 g/mol. The molecular formula is C20H15Cl3FNO. The SMILES string of the molecule is Fc1ccccc1COc1c(Cl)cc(CNc2cccc(Cl)c2)cc1Cl. The molecule has 0 bridgehead atoms. The van der Waals surface area contributed by atoms with Crippen LogP contribution in [0.2, 0.25) is 15.1 Å². The fraction of sp³-hybridized carbons (Fsp3) is 0.100. The maximum Gasteiger partial charge on any atom is 0.156 e. The van der Waals surface area contributed by atoms with Gasteiger partial charge in [-0.3, -0.25) is 0 Å². The van der Waals surface area contributed by atoms with E-state index >= 15 is 0 Å². The van der Waals surface area contributed by atoms with Crippen molar-refractivity contribution in [3.63, 3.8) is 0 Å². The molecule has 3 rings (SSSR count). The van der Waals surface area contributed by atoms with E-state index in [-0.39, 0.29) is 12.4 Å². The topological polar surface area (TPSA) is 21.3 Å². The Kier molecular flexibility index (Phi) is 6.25. The van der Waals surface area contributed by atoms with E-state index in [9.17, 15) is 4.39 Å². The van der Waals surface area contributed by atoms with E-state index < -0.39 is 0 Å². The summed E-state index contributed by atoms with van der Waals surface area (Å²) in [5, 5.41) is 4.65. The molecule has 3 aromatic rings. The molecule has 134 valence electrons. The first-order valence-electron chi connectivity index (χ1n) is 7.86. The van der Waals surface area contributed by atoms with Gasteiger partial charge in [0.25, 0.3) is 0 Å². The molecule has 2 nitrogen and oxygen atoms in total. The van der Waals surface area contributed by atoms with E-state index in [1.807, 2.05) is 24.3 Å². The lowest BCUT2D eigenvalue weighted by atomic mass is 10.2. The van der Waals surface area contributed by atoms with Crippen molar-refractivity contribution in [3.05, 3.63) is 92.7 Å². The minimum absolute atomic E-state index is 0.0478. The van der Waals surface area contributed by atoms with Crippen LogP contribution in [-0.2, 0) is 13.2 Å².